The van der Waals surface area contributed by atoms with Gasteiger partial charge in [-0.05, 0) is 92.8 Å². The maximum absolute atomic E-state index is 8.61. The van der Waals surface area contributed by atoms with E-state index in [9.17, 15) is 0 Å². The van der Waals surface area contributed by atoms with E-state index < -0.39 is 37.1 Å². The number of nitrogens with zero attached hydrogens (tertiary/aromatic N) is 4. The van der Waals surface area contributed by atoms with Gasteiger partial charge in [-0.3, -0.25) is 0 Å². The third kappa shape index (κ3) is 7.96. The second-order valence-corrected chi connectivity index (χ2v) is 17.7. The fraction of sp³-hybridized carbons (Fsp3) is 0.158. The van der Waals surface area contributed by atoms with Crippen molar-refractivity contribution in [2.24, 2.45) is 0 Å². The molecule has 3 heterocycles. The predicted molar refractivity (Wildman–Crippen MR) is 257 cm³/mol. The van der Waals surface area contributed by atoms with Crippen molar-refractivity contribution < 1.29 is 36.8 Å². The van der Waals surface area contributed by atoms with Crippen LogP contribution in [0.3, 0.4) is 0 Å². The Morgan fingerprint density at radius 2 is 1.37 bits per heavy atom. The third-order valence-electron chi connectivity index (χ3n) is 11.4. The van der Waals surface area contributed by atoms with Crippen LogP contribution in [-0.4, -0.2) is 9.55 Å². The second kappa shape index (κ2) is 16.4. The Morgan fingerprint density at radius 3 is 2.11 bits per heavy atom. The van der Waals surface area contributed by atoms with Gasteiger partial charge in [0, 0.05) is 71.0 Å². The van der Waals surface area contributed by atoms with E-state index in [0.29, 0.717) is 17.0 Å². The average molecular weight is 1010 g/mol. The SMILES string of the molecule is [2H]c1c([2H])c([2H])c(-c2cnc(-n3c4[c-]c(Oc5[c-]c(N6[CH-]N(c7cc(C(C)(C)C)cc(C(C)(C)C)c7)c7ccc(-c8ccccc8)cc76)ccc5)ccc4c4ccccc43)cc2C([2H])([2H])[2H])c([2H])c1[2H].[Pt]. The molecule has 0 atom stereocenters. The number of hydrogen-bond acceptors (Lipinski definition) is 4. The molecule has 1 aliphatic rings. The van der Waals surface area contributed by atoms with E-state index in [2.05, 4.69) is 119 Å². The molecule has 0 unspecified atom stereocenters. The summed E-state index contributed by atoms with van der Waals surface area (Å²) in [5.41, 5.74) is 9.09. The molecule has 10 rings (SSSR count). The van der Waals surface area contributed by atoms with Gasteiger partial charge in [-0.15, -0.1) is 48.1 Å². The maximum atomic E-state index is 8.61. The van der Waals surface area contributed by atoms with Gasteiger partial charge in [0.05, 0.1) is 6.85 Å². The van der Waals surface area contributed by atoms with E-state index in [1.807, 2.05) is 72.8 Å². The zero-order chi connectivity index (χ0) is 49.6. The van der Waals surface area contributed by atoms with Crippen LogP contribution in [0.1, 0.15) is 69.2 Å². The van der Waals surface area contributed by atoms with E-state index in [1.165, 1.54) is 23.4 Å². The Bertz CT molecular complexity index is 3480. The number of hydrogen-bond donors (Lipinski definition) is 0. The Kier molecular flexibility index (Phi) is 8.62. The Labute approximate surface area is 397 Å². The molecule has 1 aliphatic heterocycles. The van der Waals surface area contributed by atoms with Gasteiger partial charge >= 0.3 is 0 Å². The molecule has 5 nitrogen and oxygen atoms in total. The minimum Gasteiger partial charge on any atom is -0.509 e. The van der Waals surface area contributed by atoms with Crippen molar-refractivity contribution in [2.45, 2.75) is 59.2 Å². The number of benzene rings is 7. The van der Waals surface area contributed by atoms with Gasteiger partial charge in [0.15, 0.2) is 0 Å². The van der Waals surface area contributed by atoms with Crippen LogP contribution in [0.25, 0.3) is 49.9 Å². The van der Waals surface area contributed by atoms with Crippen molar-refractivity contribution in [2.75, 3.05) is 9.80 Å². The number of rotatable bonds is 7. The molecule has 0 fully saturated rings. The van der Waals surface area contributed by atoms with Crippen molar-refractivity contribution in [3.63, 3.8) is 0 Å². The summed E-state index contributed by atoms with van der Waals surface area (Å²) in [4.78, 5) is 9.10. The summed E-state index contributed by atoms with van der Waals surface area (Å²) in [6.45, 7) is 12.8. The van der Waals surface area contributed by atoms with E-state index in [1.54, 1.807) is 4.57 Å². The fourth-order valence-corrected chi connectivity index (χ4v) is 8.06. The van der Waals surface area contributed by atoms with Gasteiger partial charge in [0.2, 0.25) is 0 Å². The van der Waals surface area contributed by atoms with Crippen molar-refractivity contribution in [1.82, 2.24) is 9.55 Å². The summed E-state index contributed by atoms with van der Waals surface area (Å²) >= 11 is 0. The van der Waals surface area contributed by atoms with Gasteiger partial charge < -0.3 is 19.1 Å². The molecule has 7 aromatic carbocycles. The molecule has 6 heteroatoms. The van der Waals surface area contributed by atoms with Crippen LogP contribution in [0.15, 0.2) is 164 Å². The van der Waals surface area contributed by atoms with Gasteiger partial charge in [-0.1, -0.05) is 138 Å². The first-order valence-electron chi connectivity index (χ1n) is 24.7. The molecule has 9 aromatic rings. The number of aryl methyl sites for hydroxylation is 1. The Morgan fingerprint density at radius 1 is 0.635 bits per heavy atom. The average Bonchev–Trinajstić information content (AvgIpc) is 3.88. The summed E-state index contributed by atoms with van der Waals surface area (Å²) < 4.78 is 75.9. The standard InChI is InChI=1S/C57H49N4O.Pt/c1-38-29-55(58-36-50(38)40-19-12-9-13-20-40)61-51-24-15-14-23-48(51)49-27-26-47(35-53(49)61)62-46-22-16-21-44(34-46)59-37-60(45-32-42(56(2,3)4)31-43(33-45)57(5,6)7)52-28-25-41(30-54(52)59)39-17-10-8-11-18-39;/h8-33,36-37H,1-7H3;/q-3;/i1D3,9D,12D,13D,19D,20D;. The summed E-state index contributed by atoms with van der Waals surface area (Å²) in [5, 5.41) is 1.68. The normalized spacial score (nSPS) is 14.8. The van der Waals surface area contributed by atoms with Crippen LogP contribution in [0.2, 0.25) is 0 Å². The van der Waals surface area contributed by atoms with Gasteiger partial charge in [-0.25, -0.2) is 4.98 Å². The smallest absolute Gasteiger partial charge is 0.135 e. The molecule has 0 radical (unpaired) electrons. The van der Waals surface area contributed by atoms with Crippen LogP contribution in [0.4, 0.5) is 22.7 Å². The van der Waals surface area contributed by atoms with Crippen molar-refractivity contribution in [3.05, 3.63) is 199 Å². The summed E-state index contributed by atoms with van der Waals surface area (Å²) in [6, 6.07) is 46.7. The molecule has 0 saturated carbocycles. The monoisotopic (exact) mass is 1010 g/mol. The number of fused-ring (bicyclic) bond motifs is 4. The molecular weight excluding hydrogens is 952 g/mol. The van der Waals surface area contributed by atoms with Crippen LogP contribution in [-0.2, 0) is 31.9 Å². The Balaban J connectivity index is 0.00000624. The molecular formula is C57H49N4OPt-3. The summed E-state index contributed by atoms with van der Waals surface area (Å²) in [6.07, 6.45) is 1.27. The minimum atomic E-state index is -2.74. The van der Waals surface area contributed by atoms with E-state index in [0.717, 1.165) is 50.2 Å². The third-order valence-corrected chi connectivity index (χ3v) is 11.4. The first-order valence-corrected chi connectivity index (χ1v) is 20.7. The van der Waals surface area contributed by atoms with Crippen molar-refractivity contribution >= 4 is 44.6 Å². The number of anilines is 4. The topological polar surface area (TPSA) is 33.5 Å². The largest absolute Gasteiger partial charge is 0.509 e. The first kappa shape index (κ1) is 33.2. The summed E-state index contributed by atoms with van der Waals surface area (Å²) in [7, 11) is 0. The van der Waals surface area contributed by atoms with Crippen LogP contribution < -0.4 is 14.5 Å². The molecule has 0 amide bonds. The quantitative estimate of drug-likeness (QED) is 0.149. The predicted octanol–water partition coefficient (Wildman–Crippen LogP) is 15.2. The number of para-hydroxylation sites is 1. The first-order chi connectivity index (χ1) is 33.2. The Hall–Kier alpha value is -6.42. The second-order valence-electron chi connectivity index (χ2n) is 17.7. The molecule has 0 saturated heterocycles. The number of aromatic nitrogens is 2. The fourth-order valence-electron chi connectivity index (χ4n) is 8.06. The molecule has 2 aromatic heterocycles. The van der Waals surface area contributed by atoms with Gasteiger partial charge in [0.25, 0.3) is 0 Å². The van der Waals surface area contributed by atoms with Gasteiger partial charge in [0.1, 0.15) is 5.82 Å². The minimum absolute atomic E-state index is 0. The summed E-state index contributed by atoms with van der Waals surface area (Å²) in [5.74, 6) is 1.06. The molecule has 0 bridgehead atoms. The molecule has 0 spiro atoms. The van der Waals surface area contributed by atoms with Gasteiger partial charge in [-0.2, -0.15) is 12.1 Å². The van der Waals surface area contributed by atoms with E-state index in [4.69, 9.17) is 20.7 Å². The van der Waals surface area contributed by atoms with E-state index >= 15 is 0 Å². The van der Waals surface area contributed by atoms with E-state index in [-0.39, 0.29) is 54.4 Å². The zero-order valence-electron chi connectivity index (χ0n) is 43.8. The molecule has 316 valence electrons. The van der Waals surface area contributed by atoms with Crippen LogP contribution in [0, 0.1) is 25.7 Å². The van der Waals surface area contributed by atoms with Crippen molar-refractivity contribution in [1.29, 1.82) is 0 Å². The molecule has 0 N–H and O–H groups in total. The van der Waals surface area contributed by atoms with Crippen LogP contribution in [0.5, 0.6) is 11.5 Å². The maximum Gasteiger partial charge on any atom is 0.135 e. The zero-order valence-corrected chi connectivity index (χ0v) is 38.1. The number of ether oxygens (including phenoxy) is 1. The molecule has 63 heavy (non-hydrogen) atoms. The molecule has 0 aliphatic carbocycles. The number of pyridine rings is 1. The van der Waals surface area contributed by atoms with Crippen molar-refractivity contribution in [3.8, 4) is 39.6 Å². The van der Waals surface area contributed by atoms with Crippen LogP contribution >= 0.6 is 0 Å².